The highest BCUT2D eigenvalue weighted by molar-refractivity contribution is 7.61. The van der Waals surface area contributed by atoms with Gasteiger partial charge in [-0.2, -0.15) is 0 Å². The highest BCUT2D eigenvalue weighted by atomic mass is 31.2. The van der Waals surface area contributed by atoms with Gasteiger partial charge in [-0.1, -0.05) is 18.2 Å². The Morgan fingerprint density at radius 2 is 1.56 bits per heavy atom. The average molecular weight is 264 g/mol. The molecular weight excluding hydrogens is 251 g/mol. The molecule has 0 aliphatic carbocycles. The van der Waals surface area contributed by atoms with E-state index >= 15 is 0 Å². The Hall–Kier alpha value is -1.77. The van der Waals surface area contributed by atoms with Gasteiger partial charge in [-0.25, -0.2) is 4.57 Å². The average Bonchev–Trinajstić information content (AvgIpc) is 2.39. The molecular formula is C13H13O4P. The predicted molar refractivity (Wildman–Crippen MR) is 69.5 cm³/mol. The van der Waals surface area contributed by atoms with Crippen molar-refractivity contribution in [3.63, 3.8) is 0 Å². The summed E-state index contributed by atoms with van der Waals surface area (Å²) in [4.78, 5) is 9.90. The summed E-state index contributed by atoms with van der Waals surface area (Å²) >= 11 is 0. The summed E-state index contributed by atoms with van der Waals surface area (Å²) in [5, 5.41) is 0.229. The van der Waals surface area contributed by atoms with Crippen LogP contribution in [0, 0.1) is 0 Å². The first kappa shape index (κ1) is 12.7. The van der Waals surface area contributed by atoms with Gasteiger partial charge in [0.15, 0.2) is 0 Å². The van der Waals surface area contributed by atoms with Gasteiger partial charge in [-0.3, -0.25) is 0 Å². The summed E-state index contributed by atoms with van der Waals surface area (Å²) in [6.07, 6.45) is 0. The van der Waals surface area contributed by atoms with Gasteiger partial charge in [0, 0.05) is 0 Å². The maximum absolute atomic E-state index is 12.1. The summed E-state index contributed by atoms with van der Waals surface area (Å²) in [5.74, 6) is 0.984. The van der Waals surface area contributed by atoms with Gasteiger partial charge in [-0.15, -0.1) is 0 Å². The molecule has 0 fully saturated rings. The van der Waals surface area contributed by atoms with Crippen LogP contribution in [0.3, 0.4) is 0 Å². The van der Waals surface area contributed by atoms with Gasteiger partial charge in [0.05, 0.1) is 12.4 Å². The fraction of sp³-hybridized carbons (Fsp3) is 0.0769. The highest BCUT2D eigenvalue weighted by Gasteiger charge is 2.24. The number of methoxy groups -OCH3 is 1. The molecule has 4 nitrogen and oxygen atoms in total. The van der Waals surface area contributed by atoms with Crippen molar-refractivity contribution < 1.29 is 18.7 Å². The fourth-order valence-electron chi connectivity index (χ4n) is 1.45. The predicted octanol–water partition coefficient (Wildman–Crippen LogP) is 2.58. The molecule has 0 radical (unpaired) electrons. The highest BCUT2D eigenvalue weighted by Crippen LogP contribution is 2.41. The lowest BCUT2D eigenvalue weighted by Crippen LogP contribution is -2.08. The lowest BCUT2D eigenvalue weighted by molar-refractivity contribution is 0.393. The van der Waals surface area contributed by atoms with Gasteiger partial charge in [0.25, 0.3) is 0 Å². The third-order valence-corrected chi connectivity index (χ3v) is 3.78. The molecule has 0 aliphatic rings. The second-order valence-electron chi connectivity index (χ2n) is 3.62. The van der Waals surface area contributed by atoms with Crippen molar-refractivity contribution in [1.29, 1.82) is 0 Å². The monoisotopic (exact) mass is 264 g/mol. The Labute approximate surface area is 105 Å². The maximum Gasteiger partial charge on any atom is 0.408 e. The molecule has 0 bridgehead atoms. The molecule has 1 unspecified atom stereocenters. The summed E-state index contributed by atoms with van der Waals surface area (Å²) in [6.45, 7) is 0. The minimum absolute atomic E-state index is 0.229. The number of hydrogen-bond acceptors (Lipinski definition) is 3. The van der Waals surface area contributed by atoms with Gasteiger partial charge in [0.2, 0.25) is 0 Å². The molecule has 2 aromatic rings. The third kappa shape index (κ3) is 2.92. The van der Waals surface area contributed by atoms with Gasteiger partial charge < -0.3 is 14.2 Å². The van der Waals surface area contributed by atoms with E-state index in [0.717, 1.165) is 0 Å². The molecule has 0 heterocycles. The first-order chi connectivity index (χ1) is 8.62. The second-order valence-corrected chi connectivity index (χ2v) is 5.36. The number of hydrogen-bond donors (Lipinski definition) is 1. The van der Waals surface area contributed by atoms with Crippen molar-refractivity contribution >= 4 is 12.9 Å². The van der Waals surface area contributed by atoms with Crippen molar-refractivity contribution in [3.8, 4) is 11.5 Å². The molecule has 18 heavy (non-hydrogen) atoms. The Balaban J connectivity index is 2.22. The molecule has 0 saturated carbocycles. The third-order valence-electron chi connectivity index (χ3n) is 2.37. The molecule has 0 spiro atoms. The minimum atomic E-state index is -3.85. The maximum atomic E-state index is 12.1. The zero-order chi connectivity index (χ0) is 13.0. The molecule has 1 atom stereocenters. The molecule has 0 aromatic heterocycles. The van der Waals surface area contributed by atoms with Crippen molar-refractivity contribution in [2.45, 2.75) is 0 Å². The van der Waals surface area contributed by atoms with Crippen molar-refractivity contribution in [2.24, 2.45) is 0 Å². The van der Waals surface area contributed by atoms with Crippen molar-refractivity contribution in [2.75, 3.05) is 7.11 Å². The number of benzene rings is 2. The molecule has 2 rings (SSSR count). The smallest absolute Gasteiger partial charge is 0.408 e. The van der Waals surface area contributed by atoms with Crippen molar-refractivity contribution in [3.05, 3.63) is 54.6 Å². The lowest BCUT2D eigenvalue weighted by Gasteiger charge is -2.13. The first-order valence-electron chi connectivity index (χ1n) is 5.34. The van der Waals surface area contributed by atoms with Crippen LogP contribution in [-0.2, 0) is 4.57 Å². The molecule has 0 amide bonds. The van der Waals surface area contributed by atoms with Crippen LogP contribution in [0.2, 0.25) is 0 Å². The van der Waals surface area contributed by atoms with Crippen LogP contribution in [0.4, 0.5) is 0 Å². The molecule has 0 saturated heterocycles. The van der Waals surface area contributed by atoms with Crippen LogP contribution >= 0.6 is 7.60 Å². The number of para-hydroxylation sites is 1. The molecule has 0 aliphatic heterocycles. The van der Waals surface area contributed by atoms with E-state index in [2.05, 4.69) is 0 Å². The fourth-order valence-corrected chi connectivity index (χ4v) is 2.49. The normalized spacial score (nSPS) is 13.7. The minimum Gasteiger partial charge on any atom is -0.497 e. The SMILES string of the molecule is COc1ccc(P(=O)(O)Oc2ccccc2)cc1. The lowest BCUT2D eigenvalue weighted by atomic mass is 10.3. The quantitative estimate of drug-likeness (QED) is 0.862. The van der Waals surface area contributed by atoms with E-state index in [1.54, 1.807) is 36.4 Å². The van der Waals surface area contributed by atoms with Gasteiger partial charge in [0.1, 0.15) is 11.5 Å². The molecule has 94 valence electrons. The Morgan fingerprint density at radius 1 is 0.944 bits per heavy atom. The summed E-state index contributed by atoms with van der Waals surface area (Å²) in [6, 6.07) is 14.8. The standard InChI is InChI=1S/C13H13O4P/c1-16-11-7-9-13(10-8-11)18(14,15)17-12-5-3-2-4-6-12/h2-10H,1H3,(H,14,15). The Bertz CT molecular complexity index is 551. The van der Waals surface area contributed by atoms with Gasteiger partial charge >= 0.3 is 7.60 Å². The van der Waals surface area contributed by atoms with E-state index in [1.807, 2.05) is 6.07 Å². The number of rotatable bonds is 4. The largest absolute Gasteiger partial charge is 0.497 e. The summed E-state index contributed by atoms with van der Waals surface area (Å²) in [7, 11) is -2.32. The zero-order valence-corrected chi connectivity index (χ0v) is 10.7. The van der Waals surface area contributed by atoms with Crippen molar-refractivity contribution in [1.82, 2.24) is 0 Å². The van der Waals surface area contributed by atoms with E-state index in [9.17, 15) is 9.46 Å². The Morgan fingerprint density at radius 3 is 2.11 bits per heavy atom. The van der Waals surface area contributed by atoms with E-state index in [-0.39, 0.29) is 5.30 Å². The zero-order valence-electron chi connectivity index (χ0n) is 9.82. The Kier molecular flexibility index (Phi) is 3.70. The number of ether oxygens (including phenoxy) is 1. The van der Waals surface area contributed by atoms with Crippen LogP contribution in [0.25, 0.3) is 0 Å². The van der Waals surface area contributed by atoms with E-state index in [0.29, 0.717) is 11.5 Å². The topological polar surface area (TPSA) is 55.8 Å². The van der Waals surface area contributed by atoms with E-state index in [4.69, 9.17) is 9.26 Å². The van der Waals surface area contributed by atoms with Crippen LogP contribution < -0.4 is 14.6 Å². The molecule has 1 N–H and O–H groups in total. The summed E-state index contributed by atoms with van der Waals surface area (Å²) in [5.41, 5.74) is 0. The summed E-state index contributed by atoms with van der Waals surface area (Å²) < 4.78 is 22.2. The molecule has 5 heteroatoms. The first-order valence-corrected chi connectivity index (χ1v) is 6.91. The van der Waals surface area contributed by atoms with Gasteiger partial charge in [-0.05, 0) is 36.4 Å². The van der Waals surface area contributed by atoms with Crippen LogP contribution in [0.1, 0.15) is 0 Å². The molecule has 2 aromatic carbocycles. The van der Waals surface area contributed by atoms with Crippen LogP contribution in [0.5, 0.6) is 11.5 Å². The second kappa shape index (κ2) is 5.25. The van der Waals surface area contributed by atoms with E-state index in [1.165, 1.54) is 19.2 Å². The van der Waals surface area contributed by atoms with Crippen LogP contribution in [0.15, 0.2) is 54.6 Å². The van der Waals surface area contributed by atoms with E-state index < -0.39 is 7.60 Å². The van der Waals surface area contributed by atoms with Crippen LogP contribution in [-0.4, -0.2) is 12.0 Å².